The number of carbonyl (C=O) groups excluding carboxylic acids is 1. The van der Waals surface area contributed by atoms with E-state index < -0.39 is 29.2 Å². The Morgan fingerprint density at radius 1 is 1.32 bits per heavy atom. The third kappa shape index (κ3) is 2.97. The molecule has 0 saturated heterocycles. The SMILES string of the molecule is O=C(NCC(O)c1ccoc1)c1c(F)cccc1F. The summed E-state index contributed by atoms with van der Waals surface area (Å²) in [5, 5.41) is 11.9. The number of furan rings is 1. The fourth-order valence-corrected chi connectivity index (χ4v) is 1.57. The molecular formula is C13H11F2NO3. The second kappa shape index (κ2) is 5.62. The Morgan fingerprint density at radius 3 is 2.58 bits per heavy atom. The summed E-state index contributed by atoms with van der Waals surface area (Å²) >= 11 is 0. The molecule has 1 amide bonds. The molecule has 0 spiro atoms. The highest BCUT2D eigenvalue weighted by Crippen LogP contribution is 2.14. The van der Waals surface area contributed by atoms with Crippen LogP contribution in [0.1, 0.15) is 22.0 Å². The van der Waals surface area contributed by atoms with Crippen molar-refractivity contribution in [3.05, 3.63) is 59.6 Å². The van der Waals surface area contributed by atoms with Gasteiger partial charge in [0, 0.05) is 12.1 Å². The third-order valence-electron chi connectivity index (χ3n) is 2.57. The Kier molecular flexibility index (Phi) is 3.91. The summed E-state index contributed by atoms with van der Waals surface area (Å²) in [4.78, 5) is 11.6. The normalized spacial score (nSPS) is 12.2. The number of nitrogens with one attached hydrogen (secondary N) is 1. The quantitative estimate of drug-likeness (QED) is 0.890. The van der Waals surface area contributed by atoms with Gasteiger partial charge in [-0.3, -0.25) is 4.79 Å². The van der Waals surface area contributed by atoms with Crippen molar-refractivity contribution in [1.82, 2.24) is 5.32 Å². The van der Waals surface area contributed by atoms with E-state index in [1.807, 2.05) is 0 Å². The summed E-state index contributed by atoms with van der Waals surface area (Å²) in [6, 6.07) is 4.68. The van der Waals surface area contributed by atoms with E-state index in [1.165, 1.54) is 24.7 Å². The van der Waals surface area contributed by atoms with Gasteiger partial charge in [-0.25, -0.2) is 8.78 Å². The first-order valence-electron chi connectivity index (χ1n) is 5.52. The Morgan fingerprint density at radius 2 is 2.00 bits per heavy atom. The van der Waals surface area contributed by atoms with Crippen LogP contribution in [-0.4, -0.2) is 17.6 Å². The van der Waals surface area contributed by atoms with E-state index in [4.69, 9.17) is 4.42 Å². The molecule has 1 heterocycles. The molecule has 0 saturated carbocycles. The summed E-state index contributed by atoms with van der Waals surface area (Å²) in [7, 11) is 0. The van der Waals surface area contributed by atoms with Crippen molar-refractivity contribution in [3.63, 3.8) is 0 Å². The number of hydrogen-bond donors (Lipinski definition) is 2. The van der Waals surface area contributed by atoms with Crippen LogP contribution in [0.15, 0.2) is 41.2 Å². The zero-order valence-corrected chi connectivity index (χ0v) is 9.77. The van der Waals surface area contributed by atoms with Gasteiger partial charge in [-0.15, -0.1) is 0 Å². The number of aliphatic hydroxyl groups excluding tert-OH is 1. The lowest BCUT2D eigenvalue weighted by molar-refractivity contribution is 0.0907. The molecule has 1 atom stereocenters. The molecule has 6 heteroatoms. The summed E-state index contributed by atoms with van der Waals surface area (Å²) in [5.74, 6) is -2.82. The molecule has 4 nitrogen and oxygen atoms in total. The summed E-state index contributed by atoms with van der Waals surface area (Å²) in [6.45, 7) is -0.174. The second-order valence-electron chi connectivity index (χ2n) is 3.88. The average Bonchev–Trinajstić information content (AvgIpc) is 2.89. The van der Waals surface area contributed by atoms with Crippen molar-refractivity contribution in [2.24, 2.45) is 0 Å². The number of halogens is 2. The number of hydrogen-bond acceptors (Lipinski definition) is 3. The molecule has 0 aliphatic carbocycles. The molecule has 2 rings (SSSR count). The maximum atomic E-state index is 13.3. The summed E-state index contributed by atoms with van der Waals surface area (Å²) in [5.41, 5.74) is -0.198. The minimum atomic E-state index is -1.00. The number of amides is 1. The smallest absolute Gasteiger partial charge is 0.257 e. The van der Waals surface area contributed by atoms with Crippen LogP contribution in [0.5, 0.6) is 0 Å². The van der Waals surface area contributed by atoms with E-state index in [2.05, 4.69) is 5.32 Å². The van der Waals surface area contributed by atoms with Crippen molar-refractivity contribution in [2.75, 3.05) is 6.54 Å². The molecule has 0 aliphatic rings. The Labute approximate surface area is 107 Å². The number of rotatable bonds is 4. The van der Waals surface area contributed by atoms with Gasteiger partial charge in [0.15, 0.2) is 0 Å². The maximum Gasteiger partial charge on any atom is 0.257 e. The lowest BCUT2D eigenvalue weighted by atomic mass is 10.1. The Hall–Kier alpha value is -2.21. The molecule has 0 aliphatic heterocycles. The van der Waals surface area contributed by atoms with Crippen molar-refractivity contribution in [2.45, 2.75) is 6.10 Å². The van der Waals surface area contributed by atoms with Gasteiger partial charge in [0.25, 0.3) is 5.91 Å². The van der Waals surface area contributed by atoms with Crippen molar-refractivity contribution >= 4 is 5.91 Å². The van der Waals surface area contributed by atoms with Gasteiger partial charge in [0.05, 0.1) is 18.6 Å². The highest BCUT2D eigenvalue weighted by molar-refractivity contribution is 5.94. The average molecular weight is 267 g/mol. The van der Waals surface area contributed by atoms with E-state index in [0.29, 0.717) is 5.56 Å². The number of aliphatic hydroxyl groups is 1. The molecule has 1 aromatic heterocycles. The molecule has 0 bridgehead atoms. The molecule has 2 aromatic rings. The largest absolute Gasteiger partial charge is 0.472 e. The molecule has 19 heavy (non-hydrogen) atoms. The molecule has 1 aromatic carbocycles. The van der Waals surface area contributed by atoms with Crippen molar-refractivity contribution < 1.29 is 23.1 Å². The van der Waals surface area contributed by atoms with Crippen LogP contribution in [0.25, 0.3) is 0 Å². The summed E-state index contributed by atoms with van der Waals surface area (Å²) in [6.07, 6.45) is 1.69. The van der Waals surface area contributed by atoms with Gasteiger partial charge in [-0.1, -0.05) is 6.07 Å². The second-order valence-corrected chi connectivity index (χ2v) is 3.88. The number of benzene rings is 1. The molecule has 2 N–H and O–H groups in total. The van der Waals surface area contributed by atoms with Gasteiger partial charge in [0.1, 0.15) is 17.2 Å². The Bertz CT molecular complexity index is 549. The number of carbonyl (C=O) groups is 1. The standard InChI is InChI=1S/C13H11F2NO3/c14-9-2-1-3-10(15)12(9)13(18)16-6-11(17)8-4-5-19-7-8/h1-5,7,11,17H,6H2,(H,16,18). The lowest BCUT2D eigenvalue weighted by Gasteiger charge is -2.10. The van der Waals surface area contributed by atoms with Gasteiger partial charge < -0.3 is 14.8 Å². The maximum absolute atomic E-state index is 13.3. The van der Waals surface area contributed by atoms with E-state index in [9.17, 15) is 18.7 Å². The van der Waals surface area contributed by atoms with Gasteiger partial charge in [0.2, 0.25) is 0 Å². The van der Waals surface area contributed by atoms with Crippen LogP contribution >= 0.6 is 0 Å². The summed E-state index contributed by atoms with van der Waals surface area (Å²) < 4.78 is 31.4. The predicted molar refractivity (Wildman–Crippen MR) is 62.4 cm³/mol. The fourth-order valence-electron chi connectivity index (χ4n) is 1.57. The predicted octanol–water partition coefficient (Wildman–Crippen LogP) is 2.02. The van der Waals surface area contributed by atoms with E-state index in [1.54, 1.807) is 0 Å². The molecule has 1 unspecified atom stereocenters. The van der Waals surface area contributed by atoms with Crippen molar-refractivity contribution in [1.29, 1.82) is 0 Å². The first-order chi connectivity index (χ1) is 9.09. The van der Waals surface area contributed by atoms with Gasteiger partial charge in [-0.2, -0.15) is 0 Å². The third-order valence-corrected chi connectivity index (χ3v) is 2.57. The van der Waals surface area contributed by atoms with E-state index in [0.717, 1.165) is 12.1 Å². The first kappa shape index (κ1) is 13.2. The molecule has 100 valence electrons. The minimum absolute atomic E-state index is 0.174. The fraction of sp³-hybridized carbons (Fsp3) is 0.154. The molecular weight excluding hydrogens is 256 g/mol. The zero-order chi connectivity index (χ0) is 13.8. The molecule has 0 radical (unpaired) electrons. The van der Waals surface area contributed by atoms with Crippen LogP contribution in [0.3, 0.4) is 0 Å². The highest BCUT2D eigenvalue weighted by Gasteiger charge is 2.18. The molecule has 0 fully saturated rings. The van der Waals surface area contributed by atoms with Crippen LogP contribution in [0, 0.1) is 11.6 Å². The topological polar surface area (TPSA) is 62.5 Å². The van der Waals surface area contributed by atoms with Crippen molar-refractivity contribution in [3.8, 4) is 0 Å². The van der Waals surface area contributed by atoms with Crippen LogP contribution < -0.4 is 5.32 Å². The van der Waals surface area contributed by atoms with Crippen LogP contribution in [0.4, 0.5) is 8.78 Å². The van der Waals surface area contributed by atoms with E-state index in [-0.39, 0.29) is 6.54 Å². The Balaban J connectivity index is 2.02. The van der Waals surface area contributed by atoms with Crippen LogP contribution in [0.2, 0.25) is 0 Å². The van der Waals surface area contributed by atoms with Gasteiger partial charge >= 0.3 is 0 Å². The monoisotopic (exact) mass is 267 g/mol. The van der Waals surface area contributed by atoms with Gasteiger partial charge in [-0.05, 0) is 18.2 Å². The first-order valence-corrected chi connectivity index (χ1v) is 5.52. The zero-order valence-electron chi connectivity index (χ0n) is 9.77. The van der Waals surface area contributed by atoms with Crippen LogP contribution in [-0.2, 0) is 0 Å². The van der Waals surface area contributed by atoms with E-state index >= 15 is 0 Å². The highest BCUT2D eigenvalue weighted by atomic mass is 19.1. The lowest BCUT2D eigenvalue weighted by Crippen LogP contribution is -2.29. The minimum Gasteiger partial charge on any atom is -0.472 e.